The van der Waals surface area contributed by atoms with Crippen molar-refractivity contribution in [1.82, 2.24) is 5.32 Å². The molecule has 8 heteroatoms. The van der Waals surface area contributed by atoms with Gasteiger partial charge in [-0.2, -0.15) is 0 Å². The molecule has 0 spiro atoms. The normalized spacial score (nSPS) is 18.5. The van der Waals surface area contributed by atoms with Crippen molar-refractivity contribution < 1.29 is 24.4 Å². The number of nitro benzene ring substituents is 1. The van der Waals surface area contributed by atoms with Crippen molar-refractivity contribution in [2.24, 2.45) is 0 Å². The van der Waals surface area contributed by atoms with Gasteiger partial charge in [0.25, 0.3) is 5.91 Å². The third kappa shape index (κ3) is 3.47. The van der Waals surface area contributed by atoms with E-state index in [0.717, 1.165) is 18.9 Å². The Kier molecular flexibility index (Phi) is 4.36. The first-order chi connectivity index (χ1) is 9.99. The Balaban J connectivity index is 2.28. The lowest BCUT2D eigenvalue weighted by Gasteiger charge is -2.15. The monoisotopic (exact) mass is 294 g/mol. The van der Waals surface area contributed by atoms with Crippen LogP contribution in [0.2, 0.25) is 0 Å². The summed E-state index contributed by atoms with van der Waals surface area (Å²) in [6.07, 6.45) is 1.25. The van der Waals surface area contributed by atoms with Crippen LogP contribution in [0.5, 0.6) is 5.75 Å². The fourth-order valence-electron chi connectivity index (χ4n) is 2.07. The minimum atomic E-state index is -1.27. The number of amides is 1. The Morgan fingerprint density at radius 2 is 2.19 bits per heavy atom. The fraction of sp³-hybridized carbons (Fsp3) is 0.385. The third-order valence-electron chi connectivity index (χ3n) is 3.16. The second-order valence-electron chi connectivity index (χ2n) is 4.64. The number of nitrogens with zero attached hydrogens (tertiary/aromatic N) is 1. The third-order valence-corrected chi connectivity index (χ3v) is 3.16. The topological polar surface area (TPSA) is 119 Å². The number of benzene rings is 1. The Hall–Kier alpha value is -2.64. The molecule has 2 N–H and O–H groups in total. The molecule has 1 saturated heterocycles. The molecule has 1 fully saturated rings. The van der Waals surface area contributed by atoms with Crippen LogP contribution >= 0.6 is 0 Å². The van der Waals surface area contributed by atoms with Crippen molar-refractivity contribution in [3.63, 3.8) is 0 Å². The molecule has 1 atom stereocenters. The molecule has 8 nitrogen and oxygen atoms in total. The van der Waals surface area contributed by atoms with Crippen LogP contribution in [0.25, 0.3) is 0 Å². The highest BCUT2D eigenvalue weighted by Gasteiger charge is 2.26. The summed E-state index contributed by atoms with van der Waals surface area (Å²) in [5.74, 6) is -1.69. The van der Waals surface area contributed by atoms with Gasteiger partial charge in [0.15, 0.2) is 11.9 Å². The maximum Gasteiger partial charge on any atom is 0.335 e. The van der Waals surface area contributed by atoms with Crippen LogP contribution in [0.1, 0.15) is 29.6 Å². The van der Waals surface area contributed by atoms with E-state index >= 15 is 0 Å². The molecular weight excluding hydrogens is 280 g/mol. The van der Waals surface area contributed by atoms with E-state index in [9.17, 15) is 19.7 Å². The van der Waals surface area contributed by atoms with Crippen LogP contribution in [0, 0.1) is 10.1 Å². The molecule has 112 valence electrons. The lowest BCUT2D eigenvalue weighted by atomic mass is 10.1. The van der Waals surface area contributed by atoms with E-state index in [1.165, 1.54) is 12.1 Å². The highest BCUT2D eigenvalue weighted by atomic mass is 16.6. The number of nitro groups is 1. The lowest BCUT2D eigenvalue weighted by molar-refractivity contribution is -0.386. The molecule has 2 rings (SSSR count). The van der Waals surface area contributed by atoms with Crippen molar-refractivity contribution in [2.45, 2.75) is 25.4 Å². The first-order valence-electron chi connectivity index (χ1n) is 6.45. The van der Waals surface area contributed by atoms with Crippen molar-refractivity contribution in [3.8, 4) is 5.75 Å². The van der Waals surface area contributed by atoms with E-state index in [1.54, 1.807) is 0 Å². The van der Waals surface area contributed by atoms with E-state index in [2.05, 4.69) is 5.32 Å². The number of aromatic carboxylic acids is 1. The van der Waals surface area contributed by atoms with Crippen molar-refractivity contribution in [2.75, 3.05) is 6.54 Å². The van der Waals surface area contributed by atoms with Gasteiger partial charge >= 0.3 is 11.7 Å². The van der Waals surface area contributed by atoms with Crippen LogP contribution in [0.15, 0.2) is 18.2 Å². The Morgan fingerprint density at radius 3 is 2.86 bits per heavy atom. The highest BCUT2D eigenvalue weighted by Crippen LogP contribution is 2.30. The Morgan fingerprint density at radius 1 is 1.43 bits per heavy atom. The number of carboxylic acids is 1. The largest absolute Gasteiger partial charge is 0.478 e. The maximum absolute atomic E-state index is 11.8. The van der Waals surface area contributed by atoms with Gasteiger partial charge in [-0.3, -0.25) is 14.9 Å². The zero-order chi connectivity index (χ0) is 15.4. The molecular formula is C13H14N2O6. The maximum atomic E-state index is 11.8. The smallest absolute Gasteiger partial charge is 0.335 e. The molecule has 1 aromatic rings. The van der Waals surface area contributed by atoms with Crippen LogP contribution in [0.3, 0.4) is 0 Å². The van der Waals surface area contributed by atoms with Gasteiger partial charge in [0, 0.05) is 12.6 Å². The Labute approximate surface area is 119 Å². The fourth-order valence-corrected chi connectivity index (χ4v) is 2.07. The molecule has 1 aliphatic rings. The van der Waals surface area contributed by atoms with Gasteiger partial charge in [-0.05, 0) is 31.4 Å². The van der Waals surface area contributed by atoms with Crippen LogP contribution in [-0.4, -0.2) is 34.6 Å². The summed E-state index contributed by atoms with van der Waals surface area (Å²) in [6.45, 7) is 0.554. The molecule has 1 unspecified atom stereocenters. The molecule has 1 amide bonds. The number of carbonyl (C=O) groups is 2. The minimum Gasteiger partial charge on any atom is -0.478 e. The summed E-state index contributed by atoms with van der Waals surface area (Å²) in [5, 5.41) is 22.5. The quantitative estimate of drug-likeness (QED) is 0.639. The average Bonchev–Trinajstić information content (AvgIpc) is 2.64. The van der Waals surface area contributed by atoms with Gasteiger partial charge in [-0.25, -0.2) is 4.79 Å². The predicted molar refractivity (Wildman–Crippen MR) is 71.3 cm³/mol. The van der Waals surface area contributed by atoms with Crippen molar-refractivity contribution in [1.29, 1.82) is 0 Å². The van der Waals surface area contributed by atoms with Gasteiger partial charge in [-0.1, -0.05) is 0 Å². The molecule has 1 aromatic carbocycles. The van der Waals surface area contributed by atoms with Gasteiger partial charge < -0.3 is 15.2 Å². The molecule has 0 radical (unpaired) electrons. The summed E-state index contributed by atoms with van der Waals surface area (Å²) >= 11 is 0. The molecule has 0 aromatic heterocycles. The first-order valence-corrected chi connectivity index (χ1v) is 6.45. The number of carbonyl (C=O) groups excluding carboxylic acids is 1. The summed E-state index contributed by atoms with van der Waals surface area (Å²) in [4.78, 5) is 32.9. The molecule has 0 saturated carbocycles. The van der Waals surface area contributed by atoms with Gasteiger partial charge in [0.1, 0.15) is 0 Å². The standard InChI is InChI=1S/C13H14N2O6/c16-12-11(3-1-2-6-14-12)21-10-5-4-8(13(17)18)7-9(10)15(19)20/h4-5,7,11H,1-3,6H2,(H,14,16)(H,17,18). The molecule has 0 aliphatic carbocycles. The van der Waals surface area contributed by atoms with Crippen LogP contribution in [-0.2, 0) is 4.79 Å². The number of nitrogens with one attached hydrogen (secondary N) is 1. The molecule has 21 heavy (non-hydrogen) atoms. The van der Waals surface area contributed by atoms with Gasteiger partial charge in [0.2, 0.25) is 0 Å². The summed E-state index contributed by atoms with van der Waals surface area (Å²) < 4.78 is 5.43. The number of hydrogen-bond acceptors (Lipinski definition) is 5. The molecule has 0 bridgehead atoms. The second-order valence-corrected chi connectivity index (χ2v) is 4.64. The predicted octanol–water partition coefficient (Wildman–Crippen LogP) is 1.34. The SMILES string of the molecule is O=C(O)c1ccc(OC2CCCCNC2=O)c([N+](=O)[O-])c1. The van der Waals surface area contributed by atoms with Crippen LogP contribution in [0.4, 0.5) is 5.69 Å². The van der Waals surface area contributed by atoms with E-state index in [0.29, 0.717) is 13.0 Å². The molecule has 1 heterocycles. The summed E-state index contributed by atoms with van der Waals surface area (Å²) in [6, 6.07) is 3.34. The number of ether oxygens (including phenoxy) is 1. The zero-order valence-electron chi connectivity index (χ0n) is 11.1. The minimum absolute atomic E-state index is 0.105. The number of carboxylic acid groups (broad SMARTS) is 1. The van der Waals surface area contributed by atoms with Gasteiger partial charge in [-0.15, -0.1) is 0 Å². The van der Waals surface area contributed by atoms with E-state index in [-0.39, 0.29) is 17.2 Å². The zero-order valence-corrected chi connectivity index (χ0v) is 11.1. The van der Waals surface area contributed by atoms with E-state index in [1.807, 2.05) is 0 Å². The summed E-state index contributed by atoms with van der Waals surface area (Å²) in [5.41, 5.74) is -0.675. The molecule has 1 aliphatic heterocycles. The second kappa shape index (κ2) is 6.21. The first kappa shape index (κ1) is 14.8. The average molecular weight is 294 g/mol. The van der Waals surface area contributed by atoms with E-state index < -0.39 is 22.7 Å². The van der Waals surface area contributed by atoms with E-state index in [4.69, 9.17) is 9.84 Å². The van der Waals surface area contributed by atoms with Crippen molar-refractivity contribution >= 4 is 17.6 Å². The number of rotatable bonds is 4. The summed E-state index contributed by atoms with van der Waals surface area (Å²) in [7, 11) is 0. The Bertz CT molecular complexity index is 586. The van der Waals surface area contributed by atoms with Crippen LogP contribution < -0.4 is 10.1 Å². The lowest BCUT2D eigenvalue weighted by Crippen LogP contribution is -2.36. The highest BCUT2D eigenvalue weighted by molar-refractivity contribution is 5.89. The number of hydrogen-bond donors (Lipinski definition) is 2. The van der Waals surface area contributed by atoms with Gasteiger partial charge in [0.05, 0.1) is 10.5 Å². The van der Waals surface area contributed by atoms with Crippen molar-refractivity contribution in [3.05, 3.63) is 33.9 Å².